The fourth-order valence-corrected chi connectivity index (χ4v) is 5.31. The summed E-state index contributed by atoms with van der Waals surface area (Å²) in [7, 11) is 0. The lowest BCUT2D eigenvalue weighted by molar-refractivity contribution is -0.274. The average molecular weight is 523 g/mol. The smallest absolute Gasteiger partial charge is 0.484 e. The van der Waals surface area contributed by atoms with Crippen LogP contribution in [-0.4, -0.2) is 60.8 Å². The molecule has 3 fully saturated rings. The second-order valence-electron chi connectivity index (χ2n) is 9.96. The van der Waals surface area contributed by atoms with E-state index in [0.717, 1.165) is 37.8 Å². The Labute approximate surface area is 212 Å². The molecule has 9 nitrogen and oxygen atoms in total. The van der Waals surface area contributed by atoms with Gasteiger partial charge in [0, 0.05) is 19.0 Å². The Balaban J connectivity index is 1.36. The van der Waals surface area contributed by atoms with Crippen LogP contribution in [0.1, 0.15) is 44.9 Å². The van der Waals surface area contributed by atoms with Crippen molar-refractivity contribution >= 4 is 17.7 Å². The Bertz CT molecular complexity index is 1050. The number of piperidine rings is 1. The standard InChI is InChI=1S/C25H29F3N4O5/c26-25(27,28)37-19-6-4-18(5-7-19)36-14-21(33)32-15-24(8-2-9-24)12-20(32)23(35)31-17(13-29)11-16-3-1-10-30-22(16)34/h4-7,16-17,20H,1-3,8-12,14-15H2,(H,30,34)(H,31,35)/t16-,17-,20-/m0/s1. The molecule has 1 saturated carbocycles. The van der Waals surface area contributed by atoms with Crippen molar-refractivity contribution in [2.75, 3.05) is 19.7 Å². The second-order valence-corrected chi connectivity index (χ2v) is 9.96. The number of nitriles is 1. The van der Waals surface area contributed by atoms with Crippen molar-refractivity contribution in [2.45, 2.75) is 63.4 Å². The molecule has 1 spiro atoms. The van der Waals surface area contributed by atoms with Crippen LogP contribution < -0.4 is 20.1 Å². The van der Waals surface area contributed by atoms with Crippen LogP contribution >= 0.6 is 0 Å². The first-order valence-corrected chi connectivity index (χ1v) is 12.3. The minimum absolute atomic E-state index is 0.123. The van der Waals surface area contributed by atoms with Gasteiger partial charge in [0.2, 0.25) is 11.8 Å². The highest BCUT2D eigenvalue weighted by Crippen LogP contribution is 2.50. The monoisotopic (exact) mass is 522 g/mol. The molecule has 3 amide bonds. The number of carbonyl (C=O) groups excluding carboxylic acids is 3. The predicted octanol–water partition coefficient (Wildman–Crippen LogP) is 2.66. The molecule has 200 valence electrons. The van der Waals surface area contributed by atoms with E-state index in [1.807, 2.05) is 0 Å². The van der Waals surface area contributed by atoms with Crippen LogP contribution in [0.4, 0.5) is 13.2 Å². The molecule has 0 radical (unpaired) electrons. The van der Waals surface area contributed by atoms with E-state index in [1.165, 1.54) is 17.0 Å². The van der Waals surface area contributed by atoms with Crippen molar-refractivity contribution in [3.8, 4) is 17.6 Å². The summed E-state index contributed by atoms with van der Waals surface area (Å²) >= 11 is 0. The molecule has 12 heteroatoms. The maximum Gasteiger partial charge on any atom is 0.573 e. The summed E-state index contributed by atoms with van der Waals surface area (Å²) < 4.78 is 46.3. The number of hydrogen-bond acceptors (Lipinski definition) is 6. The molecule has 0 bridgehead atoms. The fraction of sp³-hybridized carbons (Fsp3) is 0.600. The molecule has 0 unspecified atom stereocenters. The van der Waals surface area contributed by atoms with E-state index < -0.39 is 42.6 Å². The van der Waals surface area contributed by atoms with Gasteiger partial charge in [-0.2, -0.15) is 5.26 Å². The number of carbonyl (C=O) groups is 3. The number of benzene rings is 1. The van der Waals surface area contributed by atoms with Gasteiger partial charge in [-0.1, -0.05) is 6.42 Å². The summed E-state index contributed by atoms with van der Waals surface area (Å²) in [6, 6.07) is 5.12. The van der Waals surface area contributed by atoms with Crippen LogP contribution in [-0.2, 0) is 14.4 Å². The zero-order chi connectivity index (χ0) is 26.6. The topological polar surface area (TPSA) is 121 Å². The van der Waals surface area contributed by atoms with Gasteiger partial charge in [-0.15, -0.1) is 13.2 Å². The van der Waals surface area contributed by atoms with E-state index >= 15 is 0 Å². The lowest BCUT2D eigenvalue weighted by Gasteiger charge is -2.37. The molecule has 2 aliphatic heterocycles. The maximum absolute atomic E-state index is 13.2. The summed E-state index contributed by atoms with van der Waals surface area (Å²) in [4.78, 5) is 39.8. The number of nitrogens with one attached hydrogen (secondary N) is 2. The van der Waals surface area contributed by atoms with Gasteiger partial charge in [0.05, 0.1) is 6.07 Å². The summed E-state index contributed by atoms with van der Waals surface area (Å²) in [6.45, 7) is 0.602. The highest BCUT2D eigenvalue weighted by Gasteiger charge is 2.51. The van der Waals surface area contributed by atoms with Crippen molar-refractivity contribution in [3.05, 3.63) is 24.3 Å². The molecule has 2 heterocycles. The van der Waals surface area contributed by atoms with Crippen molar-refractivity contribution in [3.63, 3.8) is 0 Å². The van der Waals surface area contributed by atoms with Crippen LogP contribution in [0.15, 0.2) is 24.3 Å². The van der Waals surface area contributed by atoms with Crippen molar-refractivity contribution in [1.29, 1.82) is 5.26 Å². The molecule has 37 heavy (non-hydrogen) atoms. The van der Waals surface area contributed by atoms with Gasteiger partial charge in [0.25, 0.3) is 5.91 Å². The van der Waals surface area contributed by atoms with Gasteiger partial charge in [-0.05, 0) is 68.2 Å². The molecule has 3 aliphatic rings. The van der Waals surface area contributed by atoms with E-state index in [0.29, 0.717) is 25.9 Å². The number of rotatable bonds is 8. The van der Waals surface area contributed by atoms with E-state index in [9.17, 15) is 32.8 Å². The van der Waals surface area contributed by atoms with Gasteiger partial charge in [-0.3, -0.25) is 14.4 Å². The Kier molecular flexibility index (Phi) is 7.80. The zero-order valence-corrected chi connectivity index (χ0v) is 20.2. The molecule has 2 saturated heterocycles. The number of amides is 3. The van der Waals surface area contributed by atoms with E-state index in [2.05, 4.69) is 21.4 Å². The van der Waals surface area contributed by atoms with E-state index in [1.54, 1.807) is 0 Å². The highest BCUT2D eigenvalue weighted by atomic mass is 19.4. The SMILES string of the molecule is N#C[C@H](C[C@@H]1CCCNC1=O)NC(=O)[C@@H]1CC2(CCC2)CN1C(=O)COc1ccc(OC(F)(F)F)cc1. The minimum atomic E-state index is -4.81. The van der Waals surface area contributed by atoms with E-state index in [4.69, 9.17) is 4.74 Å². The van der Waals surface area contributed by atoms with Gasteiger partial charge in [0.15, 0.2) is 6.61 Å². The quantitative estimate of drug-likeness (QED) is 0.542. The minimum Gasteiger partial charge on any atom is -0.484 e. The van der Waals surface area contributed by atoms with E-state index in [-0.39, 0.29) is 29.4 Å². The predicted molar refractivity (Wildman–Crippen MR) is 123 cm³/mol. The maximum atomic E-state index is 13.2. The molecule has 2 N–H and O–H groups in total. The number of nitrogens with zero attached hydrogens (tertiary/aromatic N) is 2. The molecule has 1 aromatic rings. The number of ether oxygens (including phenoxy) is 2. The number of halogens is 3. The van der Waals surface area contributed by atoms with Crippen molar-refractivity contribution < 1.29 is 37.0 Å². The Morgan fingerprint density at radius 1 is 1.22 bits per heavy atom. The fourth-order valence-electron chi connectivity index (χ4n) is 5.31. The lowest BCUT2D eigenvalue weighted by Crippen LogP contribution is -2.50. The number of likely N-dealkylation sites (tertiary alicyclic amines) is 1. The van der Waals surface area contributed by atoms with Crippen molar-refractivity contribution in [2.24, 2.45) is 11.3 Å². The summed E-state index contributed by atoms with van der Waals surface area (Å²) in [6.07, 6.45) is 0.141. The summed E-state index contributed by atoms with van der Waals surface area (Å²) in [5.74, 6) is -1.57. The lowest BCUT2D eigenvalue weighted by atomic mass is 9.67. The number of hydrogen-bond donors (Lipinski definition) is 2. The van der Waals surface area contributed by atoms with Crippen LogP contribution in [0.25, 0.3) is 0 Å². The zero-order valence-electron chi connectivity index (χ0n) is 20.2. The Morgan fingerprint density at radius 3 is 2.51 bits per heavy atom. The second kappa shape index (κ2) is 10.9. The largest absolute Gasteiger partial charge is 0.573 e. The molecule has 0 aromatic heterocycles. The summed E-state index contributed by atoms with van der Waals surface area (Å²) in [5.41, 5.74) is -0.139. The van der Waals surface area contributed by atoms with Crippen molar-refractivity contribution in [1.82, 2.24) is 15.5 Å². The molecular formula is C25H29F3N4O5. The molecule has 1 aromatic carbocycles. The first-order chi connectivity index (χ1) is 17.6. The highest BCUT2D eigenvalue weighted by molar-refractivity contribution is 5.89. The first-order valence-electron chi connectivity index (χ1n) is 12.3. The Hall–Kier alpha value is -3.49. The molecule has 3 atom stereocenters. The van der Waals surface area contributed by atoms with Gasteiger partial charge in [0.1, 0.15) is 23.6 Å². The summed E-state index contributed by atoms with van der Waals surface area (Å²) in [5, 5.41) is 15.1. The van der Waals surface area contributed by atoms with Crippen LogP contribution in [0.2, 0.25) is 0 Å². The van der Waals surface area contributed by atoms with Gasteiger partial charge < -0.3 is 25.0 Å². The van der Waals surface area contributed by atoms with Crippen LogP contribution in [0.5, 0.6) is 11.5 Å². The average Bonchev–Trinajstić information content (AvgIpc) is 3.26. The molecular weight excluding hydrogens is 493 g/mol. The third-order valence-corrected chi connectivity index (χ3v) is 7.36. The van der Waals surface area contributed by atoms with Gasteiger partial charge in [-0.25, -0.2) is 0 Å². The number of alkyl halides is 3. The molecule has 1 aliphatic carbocycles. The normalized spacial score (nSPS) is 23.4. The van der Waals surface area contributed by atoms with Crippen LogP contribution in [0.3, 0.4) is 0 Å². The van der Waals surface area contributed by atoms with Crippen LogP contribution in [0, 0.1) is 22.7 Å². The van der Waals surface area contributed by atoms with Gasteiger partial charge >= 0.3 is 6.36 Å². The Morgan fingerprint density at radius 2 is 1.92 bits per heavy atom. The third kappa shape index (κ3) is 6.64. The molecule has 4 rings (SSSR count). The third-order valence-electron chi connectivity index (χ3n) is 7.36. The first kappa shape index (κ1) is 26.6.